The van der Waals surface area contributed by atoms with Gasteiger partial charge in [0, 0.05) is 27.7 Å². The molecule has 0 radical (unpaired) electrons. The van der Waals surface area contributed by atoms with Gasteiger partial charge < -0.3 is 24.6 Å². The first-order valence-corrected chi connectivity index (χ1v) is 7.25. The molecule has 1 aromatic heterocycles. The lowest BCUT2D eigenvalue weighted by atomic mass is 10.2. The molecule has 1 aliphatic heterocycles. The average molecular weight is 312 g/mol. The number of rotatable bonds is 5. The monoisotopic (exact) mass is 312 g/mol. The fourth-order valence-corrected chi connectivity index (χ4v) is 2.32. The molecule has 0 aromatic carbocycles. The van der Waals surface area contributed by atoms with Crippen molar-refractivity contribution in [1.29, 1.82) is 0 Å². The molecule has 1 aliphatic rings. The molecule has 9 nitrogen and oxygen atoms in total. The number of morpholine rings is 1. The lowest BCUT2D eigenvalue weighted by Gasteiger charge is -2.36. The van der Waals surface area contributed by atoms with Crippen molar-refractivity contribution in [2.45, 2.75) is 25.7 Å². The number of hydrogen-bond donors (Lipinski definition) is 2. The highest BCUT2D eigenvalue weighted by Gasteiger charge is 2.28. The summed E-state index contributed by atoms with van der Waals surface area (Å²) in [6, 6.07) is -0.140. The zero-order chi connectivity index (χ0) is 16.1. The first-order chi connectivity index (χ1) is 10.5. The number of nitrogens with one attached hydrogen (secondary N) is 2. The molecule has 0 bridgehead atoms. The van der Waals surface area contributed by atoms with Crippen molar-refractivity contribution in [2.75, 3.05) is 45.8 Å². The standard InChI is InChI=1S/C13H24N6O3/c1-9-6-19(7-10(22-9)8-21-4)13(20)14-5-11-15-12(17-16-11)18(2)3/h9-10H,5-8H2,1-4H3,(H,14,20)(H,15,16,17). The Bertz CT molecular complexity index is 492. The summed E-state index contributed by atoms with van der Waals surface area (Å²) in [6.07, 6.45) is -0.101. The maximum absolute atomic E-state index is 12.3. The van der Waals surface area contributed by atoms with E-state index >= 15 is 0 Å². The smallest absolute Gasteiger partial charge is 0.317 e. The molecule has 2 heterocycles. The van der Waals surface area contributed by atoms with Crippen LogP contribution in [0.3, 0.4) is 0 Å². The second-order valence-electron chi connectivity index (χ2n) is 5.56. The normalized spacial score (nSPS) is 21.7. The molecule has 2 rings (SSSR count). The van der Waals surface area contributed by atoms with E-state index in [2.05, 4.69) is 20.5 Å². The molecular weight excluding hydrogens is 288 g/mol. The van der Waals surface area contributed by atoms with Gasteiger partial charge in [-0.25, -0.2) is 4.79 Å². The highest BCUT2D eigenvalue weighted by Crippen LogP contribution is 2.11. The van der Waals surface area contributed by atoms with Crippen molar-refractivity contribution in [3.63, 3.8) is 0 Å². The van der Waals surface area contributed by atoms with E-state index in [1.807, 2.05) is 21.0 Å². The van der Waals surface area contributed by atoms with Gasteiger partial charge in [0.2, 0.25) is 5.95 Å². The molecule has 2 unspecified atom stereocenters. The number of urea groups is 1. The summed E-state index contributed by atoms with van der Waals surface area (Å²) in [5, 5.41) is 9.69. The van der Waals surface area contributed by atoms with Crippen LogP contribution in [0.25, 0.3) is 0 Å². The molecular formula is C13H24N6O3. The summed E-state index contributed by atoms with van der Waals surface area (Å²) in [5.41, 5.74) is 0. The summed E-state index contributed by atoms with van der Waals surface area (Å²) >= 11 is 0. The maximum atomic E-state index is 12.3. The average Bonchev–Trinajstić information content (AvgIpc) is 2.93. The van der Waals surface area contributed by atoms with Crippen molar-refractivity contribution in [3.8, 4) is 0 Å². The van der Waals surface area contributed by atoms with Gasteiger partial charge in [0.1, 0.15) is 5.82 Å². The van der Waals surface area contributed by atoms with Crippen LogP contribution in [0.4, 0.5) is 10.7 Å². The molecule has 2 amide bonds. The van der Waals surface area contributed by atoms with Crippen molar-refractivity contribution in [3.05, 3.63) is 5.82 Å². The highest BCUT2D eigenvalue weighted by atomic mass is 16.5. The topological polar surface area (TPSA) is 95.6 Å². The third kappa shape index (κ3) is 4.31. The van der Waals surface area contributed by atoms with Crippen LogP contribution in [0.1, 0.15) is 12.7 Å². The summed E-state index contributed by atoms with van der Waals surface area (Å²) in [4.78, 5) is 20.1. The number of H-pyrrole nitrogens is 1. The van der Waals surface area contributed by atoms with Gasteiger partial charge >= 0.3 is 6.03 Å². The highest BCUT2D eigenvalue weighted by molar-refractivity contribution is 5.74. The summed E-state index contributed by atoms with van der Waals surface area (Å²) in [5.74, 6) is 1.20. The first-order valence-electron chi connectivity index (χ1n) is 7.25. The fourth-order valence-electron chi connectivity index (χ4n) is 2.32. The second kappa shape index (κ2) is 7.41. The zero-order valence-corrected chi connectivity index (χ0v) is 13.5. The molecule has 1 aromatic rings. The molecule has 0 saturated carbocycles. The molecule has 2 atom stereocenters. The predicted molar refractivity (Wildman–Crippen MR) is 80.7 cm³/mol. The molecule has 124 valence electrons. The Morgan fingerprint density at radius 2 is 2.32 bits per heavy atom. The van der Waals surface area contributed by atoms with E-state index < -0.39 is 0 Å². The molecule has 0 spiro atoms. The molecule has 0 aliphatic carbocycles. The number of nitrogens with zero attached hydrogens (tertiary/aromatic N) is 4. The van der Waals surface area contributed by atoms with Gasteiger partial charge in [0.05, 0.1) is 31.9 Å². The van der Waals surface area contributed by atoms with Crippen molar-refractivity contribution in [2.24, 2.45) is 0 Å². The summed E-state index contributed by atoms with van der Waals surface area (Å²) < 4.78 is 10.8. The van der Waals surface area contributed by atoms with Gasteiger partial charge in [-0.2, -0.15) is 4.98 Å². The Morgan fingerprint density at radius 1 is 1.55 bits per heavy atom. The predicted octanol–water partition coefficient (Wildman–Crippen LogP) is -0.184. The van der Waals surface area contributed by atoms with Crippen LogP contribution in [-0.2, 0) is 16.0 Å². The van der Waals surface area contributed by atoms with Gasteiger partial charge in [-0.1, -0.05) is 0 Å². The van der Waals surface area contributed by atoms with Gasteiger partial charge in [-0.05, 0) is 6.92 Å². The van der Waals surface area contributed by atoms with Gasteiger partial charge in [-0.15, -0.1) is 5.10 Å². The Hall–Kier alpha value is -1.87. The zero-order valence-electron chi connectivity index (χ0n) is 13.5. The van der Waals surface area contributed by atoms with Crippen LogP contribution < -0.4 is 10.2 Å². The maximum Gasteiger partial charge on any atom is 0.317 e. The van der Waals surface area contributed by atoms with Crippen LogP contribution in [0.2, 0.25) is 0 Å². The number of carbonyl (C=O) groups excluding carboxylic acids is 1. The fraction of sp³-hybridized carbons (Fsp3) is 0.769. The Labute approximate surface area is 130 Å². The minimum absolute atomic E-state index is 0.00901. The lowest BCUT2D eigenvalue weighted by molar-refractivity contribution is -0.0897. The quantitative estimate of drug-likeness (QED) is 0.783. The lowest BCUT2D eigenvalue weighted by Crippen LogP contribution is -2.53. The van der Waals surface area contributed by atoms with Crippen LogP contribution in [-0.4, -0.2) is 79.2 Å². The molecule has 1 fully saturated rings. The molecule has 1 saturated heterocycles. The molecule has 22 heavy (non-hydrogen) atoms. The number of methoxy groups -OCH3 is 1. The number of aromatic amines is 1. The Balaban J connectivity index is 1.85. The van der Waals surface area contributed by atoms with E-state index in [0.29, 0.717) is 38.0 Å². The van der Waals surface area contributed by atoms with Crippen LogP contribution >= 0.6 is 0 Å². The summed E-state index contributed by atoms with van der Waals surface area (Å²) in [6.45, 7) is 3.81. The van der Waals surface area contributed by atoms with Gasteiger partial charge in [0.15, 0.2) is 0 Å². The largest absolute Gasteiger partial charge is 0.382 e. The van der Waals surface area contributed by atoms with Crippen molar-refractivity contribution in [1.82, 2.24) is 25.4 Å². The number of carbonyl (C=O) groups is 1. The third-order valence-electron chi connectivity index (χ3n) is 3.29. The Kier molecular flexibility index (Phi) is 5.56. The first kappa shape index (κ1) is 16.5. The molecule has 2 N–H and O–H groups in total. The third-order valence-corrected chi connectivity index (χ3v) is 3.29. The minimum atomic E-state index is -0.140. The van der Waals surface area contributed by atoms with E-state index in [1.54, 1.807) is 16.9 Å². The minimum Gasteiger partial charge on any atom is -0.382 e. The number of amides is 2. The van der Waals surface area contributed by atoms with Gasteiger partial charge in [0.25, 0.3) is 0 Å². The second-order valence-corrected chi connectivity index (χ2v) is 5.56. The van der Waals surface area contributed by atoms with E-state index in [4.69, 9.17) is 9.47 Å². The molecule has 9 heteroatoms. The number of aromatic nitrogens is 3. The number of ether oxygens (including phenoxy) is 2. The van der Waals surface area contributed by atoms with Crippen LogP contribution in [0.15, 0.2) is 0 Å². The SMILES string of the molecule is COCC1CN(C(=O)NCc2nc(N(C)C)n[nH]2)CC(C)O1. The van der Waals surface area contributed by atoms with Gasteiger partial charge in [-0.3, -0.25) is 5.10 Å². The van der Waals surface area contributed by atoms with E-state index in [9.17, 15) is 4.79 Å². The Morgan fingerprint density at radius 3 is 2.95 bits per heavy atom. The van der Waals surface area contributed by atoms with Crippen LogP contribution in [0.5, 0.6) is 0 Å². The number of hydrogen-bond acceptors (Lipinski definition) is 6. The number of anilines is 1. The van der Waals surface area contributed by atoms with Crippen LogP contribution in [0, 0.1) is 0 Å². The van der Waals surface area contributed by atoms with E-state index in [1.165, 1.54) is 0 Å². The van der Waals surface area contributed by atoms with Crippen molar-refractivity contribution >= 4 is 12.0 Å². The van der Waals surface area contributed by atoms with E-state index in [-0.39, 0.29) is 18.2 Å². The van der Waals surface area contributed by atoms with E-state index in [0.717, 1.165) is 0 Å². The van der Waals surface area contributed by atoms with Crippen molar-refractivity contribution < 1.29 is 14.3 Å². The summed E-state index contributed by atoms with van der Waals surface area (Å²) in [7, 11) is 5.34.